The summed E-state index contributed by atoms with van der Waals surface area (Å²) in [5.41, 5.74) is 0. The first-order chi connectivity index (χ1) is 7.54. The molecule has 16 heavy (non-hydrogen) atoms. The topological polar surface area (TPSA) is 23.5 Å². The molecule has 0 aromatic rings. The highest BCUT2D eigenvalue weighted by atomic mass is 16.3. The molecule has 1 saturated carbocycles. The Morgan fingerprint density at radius 1 is 1.31 bits per heavy atom. The van der Waals surface area contributed by atoms with Crippen LogP contribution in [-0.4, -0.2) is 35.7 Å². The monoisotopic (exact) mass is 227 g/mol. The normalized spacial score (nSPS) is 31.3. The van der Waals surface area contributed by atoms with Crippen LogP contribution in [0.1, 0.15) is 52.9 Å². The van der Waals surface area contributed by atoms with Gasteiger partial charge < -0.3 is 10.0 Å². The van der Waals surface area contributed by atoms with Crippen LogP contribution in [0.15, 0.2) is 0 Å². The molecule has 0 aromatic carbocycles. The van der Waals surface area contributed by atoms with E-state index in [9.17, 15) is 5.11 Å². The molecule has 0 bridgehead atoms. The second-order valence-corrected chi connectivity index (χ2v) is 5.94. The zero-order valence-corrected chi connectivity index (χ0v) is 11.4. The molecule has 0 spiro atoms. The van der Waals surface area contributed by atoms with Crippen LogP contribution in [0.2, 0.25) is 0 Å². The Morgan fingerprint density at radius 3 is 2.56 bits per heavy atom. The average molecular weight is 227 g/mol. The van der Waals surface area contributed by atoms with Gasteiger partial charge in [-0.05, 0) is 38.1 Å². The summed E-state index contributed by atoms with van der Waals surface area (Å²) in [7, 11) is 2.17. The van der Waals surface area contributed by atoms with Crippen molar-refractivity contribution in [1.29, 1.82) is 0 Å². The zero-order valence-electron chi connectivity index (χ0n) is 11.4. The fraction of sp³-hybridized carbons (Fsp3) is 1.00. The molecule has 1 fully saturated rings. The predicted octanol–water partition coefficient (Wildman–Crippen LogP) is 2.90. The third-order valence-electron chi connectivity index (χ3n) is 3.81. The molecule has 0 heterocycles. The third-order valence-corrected chi connectivity index (χ3v) is 3.81. The maximum absolute atomic E-state index is 10.1. The van der Waals surface area contributed by atoms with E-state index >= 15 is 0 Å². The maximum atomic E-state index is 10.1. The van der Waals surface area contributed by atoms with Crippen molar-refractivity contribution in [3.8, 4) is 0 Å². The van der Waals surface area contributed by atoms with Gasteiger partial charge in [0.05, 0.1) is 6.10 Å². The lowest BCUT2D eigenvalue weighted by molar-refractivity contribution is 0.00878. The lowest BCUT2D eigenvalue weighted by Gasteiger charge is -2.39. The Labute approximate surface area is 101 Å². The van der Waals surface area contributed by atoms with Crippen LogP contribution in [-0.2, 0) is 0 Å². The molecule has 0 amide bonds. The van der Waals surface area contributed by atoms with Crippen molar-refractivity contribution in [1.82, 2.24) is 4.90 Å². The van der Waals surface area contributed by atoms with Gasteiger partial charge in [0.1, 0.15) is 0 Å². The van der Waals surface area contributed by atoms with Crippen molar-refractivity contribution >= 4 is 0 Å². The van der Waals surface area contributed by atoms with Gasteiger partial charge in [-0.2, -0.15) is 0 Å². The van der Waals surface area contributed by atoms with E-state index in [0.29, 0.717) is 12.0 Å². The molecule has 1 aliphatic rings. The number of aliphatic hydroxyl groups is 1. The van der Waals surface area contributed by atoms with E-state index in [-0.39, 0.29) is 6.10 Å². The summed E-state index contributed by atoms with van der Waals surface area (Å²) in [5.74, 6) is 1.52. The highest BCUT2D eigenvalue weighted by molar-refractivity contribution is 4.85. The summed E-state index contributed by atoms with van der Waals surface area (Å²) in [5, 5.41) is 10.1. The van der Waals surface area contributed by atoms with Crippen molar-refractivity contribution in [2.45, 2.75) is 65.0 Å². The first kappa shape index (κ1) is 14.0. The Morgan fingerprint density at radius 2 is 2.00 bits per heavy atom. The zero-order chi connectivity index (χ0) is 12.1. The van der Waals surface area contributed by atoms with Crippen molar-refractivity contribution in [3.63, 3.8) is 0 Å². The minimum Gasteiger partial charge on any atom is -0.391 e. The van der Waals surface area contributed by atoms with Gasteiger partial charge >= 0.3 is 0 Å². The predicted molar refractivity (Wildman–Crippen MR) is 69.5 cm³/mol. The molecule has 0 radical (unpaired) electrons. The van der Waals surface area contributed by atoms with Crippen LogP contribution < -0.4 is 0 Å². The molecule has 96 valence electrons. The summed E-state index contributed by atoms with van der Waals surface area (Å²) in [6.45, 7) is 7.85. The molecule has 1 rings (SSSR count). The van der Waals surface area contributed by atoms with Gasteiger partial charge in [0.2, 0.25) is 0 Å². The van der Waals surface area contributed by atoms with Gasteiger partial charge in [-0.3, -0.25) is 0 Å². The van der Waals surface area contributed by atoms with Gasteiger partial charge in [-0.1, -0.05) is 33.6 Å². The fourth-order valence-corrected chi connectivity index (χ4v) is 3.07. The van der Waals surface area contributed by atoms with Gasteiger partial charge in [0.25, 0.3) is 0 Å². The van der Waals surface area contributed by atoms with Crippen LogP contribution in [0, 0.1) is 11.8 Å². The van der Waals surface area contributed by atoms with Gasteiger partial charge in [0.15, 0.2) is 0 Å². The van der Waals surface area contributed by atoms with Crippen molar-refractivity contribution < 1.29 is 5.11 Å². The van der Waals surface area contributed by atoms with Crippen LogP contribution in [0.5, 0.6) is 0 Å². The van der Waals surface area contributed by atoms with Crippen molar-refractivity contribution in [2.24, 2.45) is 11.8 Å². The van der Waals surface area contributed by atoms with Crippen molar-refractivity contribution in [2.75, 3.05) is 13.6 Å². The molecule has 0 aromatic heterocycles. The van der Waals surface area contributed by atoms with Crippen LogP contribution in [0.25, 0.3) is 0 Å². The summed E-state index contributed by atoms with van der Waals surface area (Å²) in [6, 6.07) is 0.396. The largest absolute Gasteiger partial charge is 0.391 e. The van der Waals surface area contributed by atoms with Crippen molar-refractivity contribution in [3.05, 3.63) is 0 Å². The van der Waals surface area contributed by atoms with Gasteiger partial charge in [0, 0.05) is 12.6 Å². The molecule has 1 N–H and O–H groups in total. The maximum Gasteiger partial charge on any atom is 0.0695 e. The molecular formula is C14H29NO. The highest BCUT2D eigenvalue weighted by Crippen LogP contribution is 2.30. The van der Waals surface area contributed by atoms with Crippen LogP contribution in [0.3, 0.4) is 0 Å². The van der Waals surface area contributed by atoms with E-state index in [4.69, 9.17) is 0 Å². The van der Waals surface area contributed by atoms with E-state index in [0.717, 1.165) is 18.9 Å². The molecule has 3 atom stereocenters. The highest BCUT2D eigenvalue weighted by Gasteiger charge is 2.31. The molecule has 0 saturated heterocycles. The quantitative estimate of drug-likeness (QED) is 0.780. The second-order valence-electron chi connectivity index (χ2n) is 5.94. The Balaban J connectivity index is 2.48. The van der Waals surface area contributed by atoms with Crippen LogP contribution in [0.4, 0.5) is 0 Å². The average Bonchev–Trinajstić information content (AvgIpc) is 2.20. The SMILES string of the molecule is CCCC1CCC(O)C(N(C)CC(C)C)C1. The summed E-state index contributed by atoms with van der Waals surface area (Å²) in [4.78, 5) is 2.37. The summed E-state index contributed by atoms with van der Waals surface area (Å²) in [6.07, 6.45) is 5.92. The Bertz CT molecular complexity index is 193. The fourth-order valence-electron chi connectivity index (χ4n) is 3.07. The lowest BCUT2D eigenvalue weighted by atomic mass is 9.81. The number of nitrogens with zero attached hydrogens (tertiary/aromatic N) is 1. The number of aliphatic hydroxyl groups excluding tert-OH is 1. The molecule has 0 aliphatic heterocycles. The summed E-state index contributed by atoms with van der Waals surface area (Å²) < 4.78 is 0. The van der Waals surface area contributed by atoms with Gasteiger partial charge in [-0.15, -0.1) is 0 Å². The molecule has 1 aliphatic carbocycles. The van der Waals surface area contributed by atoms with E-state index in [2.05, 4.69) is 32.7 Å². The minimum absolute atomic E-state index is 0.100. The second kappa shape index (κ2) is 6.61. The van der Waals surface area contributed by atoms with E-state index in [1.54, 1.807) is 0 Å². The molecule has 3 unspecified atom stereocenters. The number of rotatable bonds is 5. The molecule has 2 nitrogen and oxygen atoms in total. The van der Waals surface area contributed by atoms with Gasteiger partial charge in [-0.25, -0.2) is 0 Å². The first-order valence-corrected chi connectivity index (χ1v) is 6.92. The van der Waals surface area contributed by atoms with E-state index < -0.39 is 0 Å². The first-order valence-electron chi connectivity index (χ1n) is 6.92. The molecule has 2 heteroatoms. The van der Waals surface area contributed by atoms with E-state index in [1.807, 2.05) is 0 Å². The Kier molecular flexibility index (Phi) is 5.77. The standard InChI is InChI=1S/C14H29NO/c1-5-6-12-7-8-14(16)13(9-12)15(4)10-11(2)3/h11-14,16H,5-10H2,1-4H3. The van der Waals surface area contributed by atoms with E-state index in [1.165, 1.54) is 25.7 Å². The number of hydrogen-bond acceptors (Lipinski definition) is 2. The molecular weight excluding hydrogens is 198 g/mol. The Hall–Kier alpha value is -0.0800. The lowest BCUT2D eigenvalue weighted by Crippen LogP contribution is -2.46. The number of hydrogen-bond donors (Lipinski definition) is 1. The minimum atomic E-state index is -0.100. The number of likely N-dealkylation sites (N-methyl/N-ethyl adjacent to an activating group) is 1. The smallest absolute Gasteiger partial charge is 0.0695 e. The summed E-state index contributed by atoms with van der Waals surface area (Å²) >= 11 is 0. The van der Waals surface area contributed by atoms with Crippen LogP contribution >= 0.6 is 0 Å². The third kappa shape index (κ3) is 4.06.